The van der Waals surface area contributed by atoms with E-state index in [0.29, 0.717) is 0 Å². The Morgan fingerprint density at radius 3 is 2.40 bits per heavy atom. The van der Waals surface area contributed by atoms with Gasteiger partial charge < -0.3 is 0 Å². The molecule has 0 heteroatoms. The molecule has 0 saturated carbocycles. The predicted octanol–water partition coefficient (Wildman–Crippen LogP) is 3.74. The SMILES string of the molecule is [CH2]CCC(=CCC)CCC. The van der Waals surface area contributed by atoms with Gasteiger partial charge in [0.15, 0.2) is 0 Å². The van der Waals surface area contributed by atoms with Gasteiger partial charge in [0.2, 0.25) is 0 Å². The van der Waals surface area contributed by atoms with Crippen LogP contribution in [0.25, 0.3) is 0 Å². The summed E-state index contributed by atoms with van der Waals surface area (Å²) in [4.78, 5) is 0. The Bertz CT molecular complexity index is 82.2. The van der Waals surface area contributed by atoms with Crippen molar-refractivity contribution in [2.75, 3.05) is 0 Å². The minimum atomic E-state index is 1.05. The summed E-state index contributed by atoms with van der Waals surface area (Å²) in [6, 6.07) is 0. The molecule has 0 heterocycles. The van der Waals surface area contributed by atoms with E-state index in [0.717, 1.165) is 6.42 Å². The quantitative estimate of drug-likeness (QED) is 0.509. The Labute approximate surface area is 65.3 Å². The van der Waals surface area contributed by atoms with Crippen molar-refractivity contribution < 1.29 is 0 Å². The molecule has 0 N–H and O–H groups in total. The second kappa shape index (κ2) is 6.85. The summed E-state index contributed by atoms with van der Waals surface area (Å²) in [7, 11) is 0. The van der Waals surface area contributed by atoms with Gasteiger partial charge in [-0.05, 0) is 25.7 Å². The Morgan fingerprint density at radius 1 is 1.30 bits per heavy atom. The van der Waals surface area contributed by atoms with Gasteiger partial charge in [-0.2, -0.15) is 0 Å². The fourth-order valence-electron chi connectivity index (χ4n) is 1.17. The Kier molecular flexibility index (Phi) is 6.68. The minimum Gasteiger partial charge on any atom is -0.0856 e. The van der Waals surface area contributed by atoms with Gasteiger partial charge >= 0.3 is 0 Å². The standard InChI is InChI=1S/C10H19/c1-4-7-10(8-5-2)9-6-3/h8H,1,4-7,9H2,2-3H3. The normalized spacial score (nSPS) is 12.1. The van der Waals surface area contributed by atoms with Crippen LogP contribution in [0.1, 0.15) is 46.0 Å². The molecule has 0 bridgehead atoms. The smallest absolute Gasteiger partial charge is 0.0320 e. The summed E-state index contributed by atoms with van der Waals surface area (Å²) >= 11 is 0. The highest BCUT2D eigenvalue weighted by Crippen LogP contribution is 2.11. The molecule has 0 aromatic carbocycles. The summed E-state index contributed by atoms with van der Waals surface area (Å²) in [5.41, 5.74) is 1.60. The molecule has 10 heavy (non-hydrogen) atoms. The fourth-order valence-corrected chi connectivity index (χ4v) is 1.17. The van der Waals surface area contributed by atoms with Gasteiger partial charge in [-0.25, -0.2) is 0 Å². The van der Waals surface area contributed by atoms with Gasteiger partial charge in [-0.3, -0.25) is 0 Å². The first-order valence-electron chi connectivity index (χ1n) is 4.32. The molecule has 0 fully saturated rings. The topological polar surface area (TPSA) is 0 Å². The zero-order valence-corrected chi connectivity index (χ0v) is 7.32. The van der Waals surface area contributed by atoms with Crippen molar-refractivity contribution in [2.45, 2.75) is 46.0 Å². The summed E-state index contributed by atoms with van der Waals surface area (Å²) in [5, 5.41) is 0. The van der Waals surface area contributed by atoms with E-state index >= 15 is 0 Å². The van der Waals surface area contributed by atoms with Crippen LogP contribution in [0.4, 0.5) is 0 Å². The average Bonchev–Trinajstić information content (AvgIpc) is 1.90. The molecule has 0 amide bonds. The van der Waals surface area contributed by atoms with Crippen molar-refractivity contribution >= 4 is 0 Å². The number of hydrogen-bond donors (Lipinski definition) is 0. The maximum atomic E-state index is 3.85. The van der Waals surface area contributed by atoms with Crippen molar-refractivity contribution in [1.82, 2.24) is 0 Å². The van der Waals surface area contributed by atoms with Crippen molar-refractivity contribution in [1.29, 1.82) is 0 Å². The van der Waals surface area contributed by atoms with Crippen LogP contribution in [-0.2, 0) is 0 Å². The molecule has 0 aromatic rings. The zero-order chi connectivity index (χ0) is 7.82. The molecule has 0 nitrogen and oxygen atoms in total. The molecule has 0 atom stereocenters. The summed E-state index contributed by atoms with van der Waals surface area (Å²) in [6.45, 7) is 8.27. The van der Waals surface area contributed by atoms with Crippen LogP contribution in [0.2, 0.25) is 0 Å². The summed E-state index contributed by atoms with van der Waals surface area (Å²) < 4.78 is 0. The Morgan fingerprint density at radius 2 is 2.00 bits per heavy atom. The summed E-state index contributed by atoms with van der Waals surface area (Å²) in [6.07, 6.45) is 8.30. The van der Waals surface area contributed by atoms with Crippen LogP contribution < -0.4 is 0 Å². The van der Waals surface area contributed by atoms with E-state index in [4.69, 9.17) is 0 Å². The first-order valence-corrected chi connectivity index (χ1v) is 4.32. The van der Waals surface area contributed by atoms with Crippen molar-refractivity contribution in [3.63, 3.8) is 0 Å². The van der Waals surface area contributed by atoms with Gasteiger partial charge in [0.1, 0.15) is 0 Å². The van der Waals surface area contributed by atoms with Crippen molar-refractivity contribution in [3.8, 4) is 0 Å². The summed E-state index contributed by atoms with van der Waals surface area (Å²) in [5.74, 6) is 0. The predicted molar refractivity (Wildman–Crippen MR) is 47.9 cm³/mol. The zero-order valence-electron chi connectivity index (χ0n) is 7.32. The van der Waals surface area contributed by atoms with E-state index in [1.165, 1.54) is 25.7 Å². The molecule has 0 saturated heterocycles. The lowest BCUT2D eigenvalue weighted by Gasteiger charge is -2.02. The highest BCUT2D eigenvalue weighted by molar-refractivity contribution is 5.01. The van der Waals surface area contributed by atoms with Crippen LogP contribution in [0.5, 0.6) is 0 Å². The maximum Gasteiger partial charge on any atom is -0.0320 e. The van der Waals surface area contributed by atoms with Gasteiger partial charge in [0.25, 0.3) is 0 Å². The molecule has 0 aliphatic heterocycles. The highest BCUT2D eigenvalue weighted by atomic mass is 14.0. The third-order valence-electron chi connectivity index (χ3n) is 1.56. The lowest BCUT2D eigenvalue weighted by atomic mass is 10.0. The molecule has 1 radical (unpaired) electrons. The van der Waals surface area contributed by atoms with E-state index in [1.54, 1.807) is 5.57 Å². The molecule has 0 rings (SSSR count). The molecule has 0 spiro atoms. The van der Waals surface area contributed by atoms with Gasteiger partial charge in [-0.15, -0.1) is 0 Å². The fraction of sp³-hybridized carbons (Fsp3) is 0.700. The Balaban J connectivity index is 3.60. The van der Waals surface area contributed by atoms with E-state index in [-0.39, 0.29) is 0 Å². The second-order valence-corrected chi connectivity index (χ2v) is 2.62. The van der Waals surface area contributed by atoms with E-state index in [1.807, 2.05) is 0 Å². The Hall–Kier alpha value is -0.260. The lowest BCUT2D eigenvalue weighted by Crippen LogP contribution is -1.81. The molecule has 0 aliphatic carbocycles. The third-order valence-corrected chi connectivity index (χ3v) is 1.56. The van der Waals surface area contributed by atoms with E-state index in [2.05, 4.69) is 26.8 Å². The highest BCUT2D eigenvalue weighted by Gasteiger charge is 1.91. The lowest BCUT2D eigenvalue weighted by molar-refractivity contribution is 0.819. The van der Waals surface area contributed by atoms with Crippen LogP contribution in [-0.4, -0.2) is 0 Å². The molecule has 0 aromatic heterocycles. The molecule has 59 valence electrons. The first kappa shape index (κ1) is 9.74. The molecule has 0 unspecified atom stereocenters. The second-order valence-electron chi connectivity index (χ2n) is 2.62. The molecular weight excluding hydrogens is 120 g/mol. The molecule has 0 aliphatic rings. The maximum absolute atomic E-state index is 3.85. The van der Waals surface area contributed by atoms with Gasteiger partial charge in [0, 0.05) is 0 Å². The minimum absolute atomic E-state index is 1.05. The first-order chi connectivity index (χ1) is 4.85. The van der Waals surface area contributed by atoms with Gasteiger partial charge in [0.05, 0.1) is 0 Å². The monoisotopic (exact) mass is 139 g/mol. The van der Waals surface area contributed by atoms with Crippen LogP contribution in [0.15, 0.2) is 11.6 Å². The van der Waals surface area contributed by atoms with Crippen LogP contribution >= 0.6 is 0 Å². The van der Waals surface area contributed by atoms with Crippen LogP contribution in [0.3, 0.4) is 0 Å². The number of rotatable bonds is 5. The molecular formula is C10H19. The van der Waals surface area contributed by atoms with E-state index < -0.39 is 0 Å². The number of hydrogen-bond acceptors (Lipinski definition) is 0. The average molecular weight is 139 g/mol. The largest absolute Gasteiger partial charge is 0.0856 e. The van der Waals surface area contributed by atoms with Crippen molar-refractivity contribution in [2.24, 2.45) is 0 Å². The van der Waals surface area contributed by atoms with Gasteiger partial charge in [-0.1, -0.05) is 38.8 Å². The number of allylic oxidation sites excluding steroid dienone is 2. The third kappa shape index (κ3) is 4.60. The van der Waals surface area contributed by atoms with E-state index in [9.17, 15) is 0 Å². The van der Waals surface area contributed by atoms with Crippen LogP contribution in [0, 0.1) is 6.92 Å². The van der Waals surface area contributed by atoms with Crippen molar-refractivity contribution in [3.05, 3.63) is 18.6 Å².